The summed E-state index contributed by atoms with van der Waals surface area (Å²) < 4.78 is 15.4. The summed E-state index contributed by atoms with van der Waals surface area (Å²) >= 11 is 0.724. The van der Waals surface area contributed by atoms with E-state index in [9.17, 15) is 19.2 Å². The summed E-state index contributed by atoms with van der Waals surface area (Å²) in [6, 6.07) is 8.54. The number of imide groups is 1. The summed E-state index contributed by atoms with van der Waals surface area (Å²) in [5.41, 5.74) is 1.82. The van der Waals surface area contributed by atoms with Crippen LogP contribution in [0, 0.1) is 6.92 Å². The quantitative estimate of drug-likeness (QED) is 0.506. The predicted molar refractivity (Wildman–Crippen MR) is 110 cm³/mol. The van der Waals surface area contributed by atoms with Crippen LogP contribution in [0.25, 0.3) is 17.4 Å². The lowest BCUT2D eigenvalue weighted by atomic mass is 10.0. The minimum atomic E-state index is -0.651. The lowest BCUT2D eigenvalue weighted by Gasteiger charge is -2.10. The first-order valence-electron chi connectivity index (χ1n) is 9.04. The molecule has 1 aliphatic heterocycles. The Labute approximate surface area is 176 Å². The number of carbonyl (C=O) groups is 4. The topological polar surface area (TPSA) is 103 Å². The van der Waals surface area contributed by atoms with Crippen molar-refractivity contribution in [3.05, 3.63) is 52.1 Å². The SMILES string of the molecule is CCOC(=O)CN1C(=O)S/C(=C/c2ccc(-c3cccc(C(=O)OC)c3C)o2)C1=O. The number of benzene rings is 1. The molecule has 1 saturated heterocycles. The van der Waals surface area contributed by atoms with E-state index in [2.05, 4.69) is 0 Å². The van der Waals surface area contributed by atoms with Gasteiger partial charge in [0.1, 0.15) is 18.1 Å². The van der Waals surface area contributed by atoms with E-state index in [1.807, 2.05) is 0 Å². The Morgan fingerprint density at radius 1 is 1.20 bits per heavy atom. The number of ether oxygens (including phenoxy) is 2. The average molecular weight is 429 g/mol. The summed E-state index contributed by atoms with van der Waals surface area (Å²) in [6.45, 7) is 3.16. The van der Waals surface area contributed by atoms with E-state index >= 15 is 0 Å². The molecule has 1 aliphatic rings. The number of furan rings is 1. The van der Waals surface area contributed by atoms with Crippen LogP contribution in [0.5, 0.6) is 0 Å². The number of esters is 2. The van der Waals surface area contributed by atoms with Crippen LogP contribution in [-0.2, 0) is 19.1 Å². The fraction of sp³-hybridized carbons (Fsp3) is 0.238. The molecule has 1 aromatic carbocycles. The molecule has 0 atom stereocenters. The highest BCUT2D eigenvalue weighted by atomic mass is 32.2. The van der Waals surface area contributed by atoms with Crippen LogP contribution in [0.3, 0.4) is 0 Å². The number of methoxy groups -OCH3 is 1. The molecule has 0 spiro atoms. The molecule has 0 N–H and O–H groups in total. The molecule has 30 heavy (non-hydrogen) atoms. The Balaban J connectivity index is 1.83. The Morgan fingerprint density at radius 3 is 2.67 bits per heavy atom. The van der Waals surface area contributed by atoms with Crippen molar-refractivity contribution in [2.75, 3.05) is 20.3 Å². The first-order chi connectivity index (χ1) is 14.3. The molecule has 2 amide bonds. The van der Waals surface area contributed by atoms with Crippen molar-refractivity contribution in [3.63, 3.8) is 0 Å². The van der Waals surface area contributed by atoms with Gasteiger partial charge in [0.2, 0.25) is 0 Å². The van der Waals surface area contributed by atoms with Crippen molar-refractivity contribution in [3.8, 4) is 11.3 Å². The summed E-state index contributed by atoms with van der Waals surface area (Å²) in [5, 5.41) is -0.548. The molecule has 0 saturated carbocycles. The summed E-state index contributed by atoms with van der Waals surface area (Å²) in [4.78, 5) is 49.0. The molecule has 0 aliphatic carbocycles. The summed E-state index contributed by atoms with van der Waals surface area (Å²) in [7, 11) is 1.31. The molecule has 0 radical (unpaired) electrons. The van der Waals surface area contributed by atoms with Crippen LogP contribution >= 0.6 is 11.8 Å². The van der Waals surface area contributed by atoms with Gasteiger partial charge in [-0.05, 0) is 49.4 Å². The third-order valence-electron chi connectivity index (χ3n) is 4.37. The minimum absolute atomic E-state index is 0.144. The van der Waals surface area contributed by atoms with Crippen LogP contribution in [0.4, 0.5) is 4.79 Å². The number of rotatable bonds is 6. The van der Waals surface area contributed by atoms with Gasteiger partial charge in [-0.25, -0.2) is 4.79 Å². The summed E-state index contributed by atoms with van der Waals surface area (Å²) in [6.07, 6.45) is 1.44. The number of amides is 2. The first-order valence-corrected chi connectivity index (χ1v) is 9.86. The van der Waals surface area contributed by atoms with Gasteiger partial charge in [-0.1, -0.05) is 12.1 Å². The van der Waals surface area contributed by atoms with Crippen LogP contribution in [-0.4, -0.2) is 48.2 Å². The van der Waals surface area contributed by atoms with Crippen molar-refractivity contribution in [1.82, 2.24) is 4.90 Å². The zero-order chi connectivity index (χ0) is 21.8. The Hall–Kier alpha value is -3.33. The maximum atomic E-state index is 12.5. The van der Waals surface area contributed by atoms with E-state index < -0.39 is 29.6 Å². The van der Waals surface area contributed by atoms with Crippen LogP contribution in [0.15, 0.2) is 39.7 Å². The van der Waals surface area contributed by atoms with E-state index in [1.165, 1.54) is 13.2 Å². The highest BCUT2D eigenvalue weighted by molar-refractivity contribution is 8.18. The normalized spacial score (nSPS) is 15.0. The third kappa shape index (κ3) is 4.30. The molecule has 8 nitrogen and oxygen atoms in total. The maximum Gasteiger partial charge on any atom is 0.338 e. The van der Waals surface area contributed by atoms with Gasteiger partial charge in [-0.2, -0.15) is 0 Å². The van der Waals surface area contributed by atoms with E-state index in [0.717, 1.165) is 16.7 Å². The van der Waals surface area contributed by atoms with E-state index in [-0.39, 0.29) is 11.5 Å². The second-order valence-electron chi connectivity index (χ2n) is 6.24. The number of thioether (sulfide) groups is 1. The minimum Gasteiger partial charge on any atom is -0.465 e. The Bertz CT molecular complexity index is 1050. The zero-order valence-corrected chi connectivity index (χ0v) is 17.4. The molecular weight excluding hydrogens is 410 g/mol. The number of hydrogen-bond acceptors (Lipinski definition) is 8. The van der Waals surface area contributed by atoms with Gasteiger partial charge >= 0.3 is 11.9 Å². The summed E-state index contributed by atoms with van der Waals surface area (Å²) in [5.74, 6) is -0.830. The standard InChI is InChI=1S/C21H19NO7S/c1-4-28-18(23)11-22-19(24)17(30-21(22)26)10-13-8-9-16(29-13)14-6-5-7-15(12(14)2)20(25)27-3/h5-10H,4,11H2,1-3H3/b17-10+. The molecule has 1 fully saturated rings. The highest BCUT2D eigenvalue weighted by Crippen LogP contribution is 2.34. The number of hydrogen-bond donors (Lipinski definition) is 0. The highest BCUT2D eigenvalue weighted by Gasteiger charge is 2.36. The second kappa shape index (κ2) is 9.00. The second-order valence-corrected chi connectivity index (χ2v) is 7.24. The van der Waals surface area contributed by atoms with Crippen molar-refractivity contribution in [2.45, 2.75) is 13.8 Å². The lowest BCUT2D eigenvalue weighted by molar-refractivity contribution is -0.145. The molecule has 2 heterocycles. The van der Waals surface area contributed by atoms with Crippen molar-refractivity contribution in [1.29, 1.82) is 0 Å². The Morgan fingerprint density at radius 2 is 1.97 bits per heavy atom. The van der Waals surface area contributed by atoms with E-state index in [1.54, 1.807) is 44.2 Å². The van der Waals surface area contributed by atoms with Gasteiger partial charge in [0.25, 0.3) is 11.1 Å². The molecule has 9 heteroatoms. The van der Waals surface area contributed by atoms with E-state index in [0.29, 0.717) is 28.2 Å². The molecule has 2 aromatic rings. The molecule has 3 rings (SSSR count). The van der Waals surface area contributed by atoms with Gasteiger partial charge in [-0.15, -0.1) is 0 Å². The monoisotopic (exact) mass is 429 g/mol. The van der Waals surface area contributed by atoms with Gasteiger partial charge in [0.05, 0.1) is 24.2 Å². The third-order valence-corrected chi connectivity index (χ3v) is 5.28. The molecule has 1 aromatic heterocycles. The average Bonchev–Trinajstić information content (AvgIpc) is 3.28. The molecule has 0 unspecified atom stereocenters. The maximum absolute atomic E-state index is 12.5. The van der Waals surface area contributed by atoms with Crippen LogP contribution in [0.1, 0.15) is 28.6 Å². The van der Waals surface area contributed by atoms with Gasteiger partial charge in [0, 0.05) is 11.6 Å². The van der Waals surface area contributed by atoms with Gasteiger partial charge in [0.15, 0.2) is 0 Å². The molecule has 0 bridgehead atoms. The fourth-order valence-corrected chi connectivity index (χ4v) is 3.73. The smallest absolute Gasteiger partial charge is 0.338 e. The zero-order valence-electron chi connectivity index (χ0n) is 16.6. The number of nitrogens with zero attached hydrogens (tertiary/aromatic N) is 1. The van der Waals surface area contributed by atoms with Crippen LogP contribution < -0.4 is 0 Å². The molecular formula is C21H19NO7S. The largest absolute Gasteiger partial charge is 0.465 e. The van der Waals surface area contributed by atoms with E-state index in [4.69, 9.17) is 13.9 Å². The van der Waals surface area contributed by atoms with Gasteiger partial charge in [-0.3, -0.25) is 19.3 Å². The van der Waals surface area contributed by atoms with Crippen molar-refractivity contribution in [2.24, 2.45) is 0 Å². The van der Waals surface area contributed by atoms with Crippen molar-refractivity contribution < 1.29 is 33.1 Å². The lowest BCUT2D eigenvalue weighted by Crippen LogP contribution is -2.34. The Kier molecular flexibility index (Phi) is 6.41. The fourth-order valence-electron chi connectivity index (χ4n) is 2.91. The molecule has 156 valence electrons. The number of carbonyl (C=O) groups excluding carboxylic acids is 4. The predicted octanol–water partition coefficient (Wildman–Crippen LogP) is 3.64. The van der Waals surface area contributed by atoms with Crippen molar-refractivity contribution >= 4 is 40.9 Å². The van der Waals surface area contributed by atoms with Crippen LogP contribution in [0.2, 0.25) is 0 Å². The first kappa shape index (κ1) is 21.4. The van der Waals surface area contributed by atoms with Gasteiger partial charge < -0.3 is 13.9 Å².